The van der Waals surface area contributed by atoms with Gasteiger partial charge in [-0.25, -0.2) is 0 Å². The Morgan fingerprint density at radius 3 is 1.56 bits per heavy atom. The van der Waals surface area contributed by atoms with Gasteiger partial charge < -0.3 is 14.2 Å². The van der Waals surface area contributed by atoms with Crippen molar-refractivity contribution in [1.82, 2.24) is 0 Å². The molecule has 0 radical (unpaired) electrons. The molecule has 0 saturated carbocycles. The average Bonchev–Trinajstić information content (AvgIpc) is 2.92. The van der Waals surface area contributed by atoms with Crippen LogP contribution in [0.15, 0.2) is 91.0 Å². The Morgan fingerprint density at radius 2 is 1.12 bits per heavy atom. The molecule has 0 spiro atoms. The van der Waals surface area contributed by atoms with E-state index in [0.29, 0.717) is 0 Å². The molecule has 0 aromatic heterocycles. The van der Waals surface area contributed by atoms with Gasteiger partial charge >= 0.3 is 0 Å². The molecule has 1 aliphatic heterocycles. The lowest BCUT2D eigenvalue weighted by Crippen LogP contribution is -2.20. The van der Waals surface area contributed by atoms with E-state index in [1.807, 2.05) is 47.8 Å². The van der Waals surface area contributed by atoms with Crippen LogP contribution < -0.4 is 14.2 Å². The van der Waals surface area contributed by atoms with E-state index >= 15 is 0 Å². The van der Waals surface area contributed by atoms with Crippen LogP contribution in [0.5, 0.6) is 17.2 Å². The van der Waals surface area contributed by atoms with Gasteiger partial charge in [0, 0.05) is 0 Å². The highest BCUT2D eigenvalue weighted by atomic mass is 32.2. The lowest BCUT2D eigenvalue weighted by Gasteiger charge is -2.34. The Hall–Kier alpha value is -2.76. The normalized spacial score (nSPS) is 15.0. The highest BCUT2D eigenvalue weighted by Crippen LogP contribution is 2.51. The van der Waals surface area contributed by atoms with E-state index in [2.05, 4.69) is 66.8 Å². The van der Waals surface area contributed by atoms with Crippen LogP contribution in [0.4, 0.5) is 0 Å². The predicted molar refractivity (Wildman–Crippen MR) is 146 cm³/mol. The van der Waals surface area contributed by atoms with Gasteiger partial charge in [0.05, 0.1) is 21.3 Å². The van der Waals surface area contributed by atoms with Gasteiger partial charge in [-0.1, -0.05) is 54.6 Å². The fourth-order valence-electron chi connectivity index (χ4n) is 3.90. The summed E-state index contributed by atoms with van der Waals surface area (Å²) in [6, 6.07) is 24.9. The number of hydrogen-bond donors (Lipinski definition) is 0. The molecule has 0 atom stereocenters. The summed E-state index contributed by atoms with van der Waals surface area (Å²) in [5, 5.41) is 0. The molecule has 3 aromatic carbocycles. The SMILES string of the molecule is COc1ccc(C(=C/C=C/C2(c3ccc(OC)cc3)SCCCS2)c2ccc(OC)cc2)cc1. The molecule has 3 aromatic rings. The smallest absolute Gasteiger partial charge is 0.118 e. The van der Waals surface area contributed by atoms with Crippen LogP contribution in [0, 0.1) is 0 Å². The Bertz CT molecular complexity index is 1060. The van der Waals surface area contributed by atoms with Crippen LogP contribution in [0.2, 0.25) is 0 Å². The van der Waals surface area contributed by atoms with Crippen LogP contribution in [0.3, 0.4) is 0 Å². The Morgan fingerprint density at radius 1 is 0.676 bits per heavy atom. The van der Waals surface area contributed by atoms with Crippen LogP contribution >= 0.6 is 23.5 Å². The molecule has 1 fully saturated rings. The molecule has 0 aliphatic carbocycles. The van der Waals surface area contributed by atoms with Gasteiger partial charge in [0.25, 0.3) is 0 Å². The summed E-state index contributed by atoms with van der Waals surface area (Å²) >= 11 is 4.01. The van der Waals surface area contributed by atoms with Crippen LogP contribution in [0.1, 0.15) is 23.1 Å². The first-order valence-electron chi connectivity index (χ1n) is 11.3. The maximum absolute atomic E-state index is 5.37. The topological polar surface area (TPSA) is 27.7 Å². The minimum atomic E-state index is -0.105. The molecule has 0 unspecified atom stereocenters. The van der Waals surface area contributed by atoms with E-state index in [0.717, 1.165) is 45.5 Å². The molecule has 4 rings (SSSR count). The molecule has 1 heterocycles. The highest BCUT2D eigenvalue weighted by molar-refractivity contribution is 8.18. The van der Waals surface area contributed by atoms with Gasteiger partial charge in [0.15, 0.2) is 0 Å². The van der Waals surface area contributed by atoms with Crippen molar-refractivity contribution in [3.63, 3.8) is 0 Å². The maximum atomic E-state index is 5.37. The number of rotatable bonds is 8. The third-order valence-electron chi connectivity index (χ3n) is 5.79. The number of thioether (sulfide) groups is 2. The molecule has 5 heteroatoms. The van der Waals surface area contributed by atoms with Crippen molar-refractivity contribution >= 4 is 29.1 Å². The van der Waals surface area contributed by atoms with Crippen LogP contribution in [-0.4, -0.2) is 32.8 Å². The van der Waals surface area contributed by atoms with Crippen molar-refractivity contribution in [3.8, 4) is 17.2 Å². The number of allylic oxidation sites excluding steroid dienone is 2. The van der Waals surface area contributed by atoms with Gasteiger partial charge in [-0.3, -0.25) is 0 Å². The lowest BCUT2D eigenvalue weighted by molar-refractivity contribution is 0.414. The fourth-order valence-corrected chi connectivity index (χ4v) is 7.06. The first-order valence-corrected chi connectivity index (χ1v) is 13.3. The van der Waals surface area contributed by atoms with Crippen molar-refractivity contribution in [1.29, 1.82) is 0 Å². The fraction of sp³-hybridized carbons (Fsp3) is 0.241. The number of ether oxygens (including phenoxy) is 3. The van der Waals surface area contributed by atoms with Crippen molar-refractivity contribution in [2.24, 2.45) is 0 Å². The van der Waals surface area contributed by atoms with E-state index in [1.165, 1.54) is 12.0 Å². The molecule has 0 bridgehead atoms. The summed E-state index contributed by atoms with van der Waals surface area (Å²) in [6.07, 6.45) is 8.00. The second kappa shape index (κ2) is 11.6. The minimum Gasteiger partial charge on any atom is -0.497 e. The quantitative estimate of drug-likeness (QED) is 0.306. The maximum Gasteiger partial charge on any atom is 0.118 e. The molecule has 0 amide bonds. The third-order valence-corrected chi connectivity index (χ3v) is 9.09. The van der Waals surface area contributed by atoms with Gasteiger partial charge in [-0.15, -0.1) is 23.5 Å². The van der Waals surface area contributed by atoms with Gasteiger partial charge in [-0.05, 0) is 76.6 Å². The number of hydrogen-bond acceptors (Lipinski definition) is 5. The second-order valence-corrected chi connectivity index (χ2v) is 10.8. The van der Waals surface area contributed by atoms with Gasteiger partial charge in [0.1, 0.15) is 21.3 Å². The van der Waals surface area contributed by atoms with Crippen molar-refractivity contribution in [3.05, 3.63) is 108 Å². The van der Waals surface area contributed by atoms with Crippen molar-refractivity contribution in [2.75, 3.05) is 32.8 Å². The zero-order valence-corrected chi connectivity index (χ0v) is 21.5. The summed E-state index contributed by atoms with van der Waals surface area (Å²) in [6.45, 7) is 0. The zero-order chi connectivity index (χ0) is 23.8. The Labute approximate surface area is 211 Å². The number of benzene rings is 3. The van der Waals surface area contributed by atoms with E-state index < -0.39 is 0 Å². The van der Waals surface area contributed by atoms with E-state index in [9.17, 15) is 0 Å². The van der Waals surface area contributed by atoms with Crippen LogP contribution in [-0.2, 0) is 4.08 Å². The Kier molecular flexibility index (Phi) is 8.30. The Balaban J connectivity index is 1.71. The summed E-state index contributed by atoms with van der Waals surface area (Å²) in [5.74, 6) is 4.88. The monoisotopic (exact) mass is 490 g/mol. The standard InChI is InChI=1S/C29H30O3S2/c1-30-25-13-7-22(8-14-25)28(23-9-15-26(31-2)16-10-23)6-4-19-29(33-20-5-21-34-29)24-11-17-27(32-3)18-12-24/h4,6-19H,5,20-21H2,1-3H3/b19-4+. The summed E-state index contributed by atoms with van der Waals surface area (Å²) in [5.41, 5.74) is 4.72. The zero-order valence-electron chi connectivity index (χ0n) is 19.8. The summed E-state index contributed by atoms with van der Waals surface area (Å²) < 4.78 is 16.0. The molecule has 0 N–H and O–H groups in total. The molecule has 1 saturated heterocycles. The van der Waals surface area contributed by atoms with Crippen LogP contribution in [0.25, 0.3) is 5.57 Å². The van der Waals surface area contributed by atoms with E-state index in [1.54, 1.807) is 21.3 Å². The molecule has 1 aliphatic rings. The average molecular weight is 491 g/mol. The van der Waals surface area contributed by atoms with Crippen molar-refractivity contribution in [2.45, 2.75) is 10.5 Å². The summed E-state index contributed by atoms with van der Waals surface area (Å²) in [4.78, 5) is 0. The third kappa shape index (κ3) is 5.65. The van der Waals surface area contributed by atoms with Gasteiger partial charge in [-0.2, -0.15) is 0 Å². The van der Waals surface area contributed by atoms with E-state index in [-0.39, 0.29) is 4.08 Å². The number of methoxy groups -OCH3 is 3. The van der Waals surface area contributed by atoms with Gasteiger partial charge in [0.2, 0.25) is 0 Å². The minimum absolute atomic E-state index is 0.105. The highest BCUT2D eigenvalue weighted by Gasteiger charge is 2.33. The summed E-state index contributed by atoms with van der Waals surface area (Å²) in [7, 11) is 5.09. The van der Waals surface area contributed by atoms with E-state index in [4.69, 9.17) is 14.2 Å². The molecule has 176 valence electrons. The molecule has 3 nitrogen and oxygen atoms in total. The molecular weight excluding hydrogens is 460 g/mol. The predicted octanol–water partition coefficient (Wildman–Crippen LogP) is 7.42. The first kappa shape index (κ1) is 24.4. The first-order chi connectivity index (χ1) is 16.7. The van der Waals surface area contributed by atoms with Crippen molar-refractivity contribution < 1.29 is 14.2 Å². The second-order valence-electron chi connectivity index (χ2n) is 7.84. The largest absolute Gasteiger partial charge is 0.497 e. The lowest BCUT2D eigenvalue weighted by atomic mass is 9.97. The molecular formula is C29H30O3S2. The molecule has 34 heavy (non-hydrogen) atoms.